The van der Waals surface area contributed by atoms with Gasteiger partial charge < -0.3 is 14.4 Å². The molecule has 0 saturated carbocycles. The fourth-order valence-corrected chi connectivity index (χ4v) is 6.93. The molecule has 5 aromatic rings. The SMILES string of the molecule is CCN(CC)C(=O)C1=C(C)N=c2s/c(=C/c3cccc(OCc4cccc5ccccc45)c3)c(=O)n2[C@H]1c1ccccc1OC. The number of carbonyl (C=O) groups is 1. The maximum Gasteiger partial charge on any atom is 0.271 e. The van der Waals surface area contributed by atoms with Crippen LogP contribution in [0.15, 0.2) is 112 Å². The van der Waals surface area contributed by atoms with Crippen molar-refractivity contribution in [3.8, 4) is 11.5 Å². The smallest absolute Gasteiger partial charge is 0.271 e. The summed E-state index contributed by atoms with van der Waals surface area (Å²) in [5.74, 6) is 1.18. The number of thiazole rings is 1. The van der Waals surface area contributed by atoms with E-state index in [9.17, 15) is 9.59 Å². The number of para-hydroxylation sites is 1. The zero-order valence-electron chi connectivity index (χ0n) is 25.8. The Morgan fingerprint density at radius 2 is 1.71 bits per heavy atom. The molecule has 2 heterocycles. The van der Waals surface area contributed by atoms with E-state index in [1.54, 1.807) is 16.6 Å². The molecular formula is C37H35N3O4S. The van der Waals surface area contributed by atoms with Crippen LogP contribution in [0.5, 0.6) is 11.5 Å². The van der Waals surface area contributed by atoms with Crippen molar-refractivity contribution in [2.24, 2.45) is 4.99 Å². The summed E-state index contributed by atoms with van der Waals surface area (Å²) in [6.45, 7) is 7.26. The van der Waals surface area contributed by atoms with E-state index in [2.05, 4.69) is 24.3 Å². The molecule has 0 spiro atoms. The van der Waals surface area contributed by atoms with Crippen LogP contribution < -0.4 is 24.4 Å². The lowest BCUT2D eigenvalue weighted by Crippen LogP contribution is -2.43. The van der Waals surface area contributed by atoms with Crippen molar-refractivity contribution in [1.29, 1.82) is 0 Å². The number of ether oxygens (including phenoxy) is 2. The largest absolute Gasteiger partial charge is 0.496 e. The molecule has 1 aliphatic rings. The highest BCUT2D eigenvalue weighted by molar-refractivity contribution is 7.07. The topological polar surface area (TPSA) is 73.1 Å². The number of benzene rings is 4. The number of hydrogen-bond acceptors (Lipinski definition) is 6. The van der Waals surface area contributed by atoms with Crippen molar-refractivity contribution < 1.29 is 14.3 Å². The van der Waals surface area contributed by atoms with Crippen molar-refractivity contribution in [1.82, 2.24) is 9.47 Å². The highest BCUT2D eigenvalue weighted by atomic mass is 32.1. The van der Waals surface area contributed by atoms with Gasteiger partial charge in [-0.25, -0.2) is 4.99 Å². The third-order valence-corrected chi connectivity index (χ3v) is 9.15. The first-order valence-electron chi connectivity index (χ1n) is 15.1. The molecule has 7 nitrogen and oxygen atoms in total. The van der Waals surface area contributed by atoms with Gasteiger partial charge in [0.05, 0.1) is 22.9 Å². The number of likely N-dealkylation sites (N-methyl/N-ethyl adjacent to an activating group) is 1. The van der Waals surface area contributed by atoms with Gasteiger partial charge in [0.1, 0.15) is 24.1 Å². The van der Waals surface area contributed by atoms with Gasteiger partial charge in [-0.2, -0.15) is 0 Å². The van der Waals surface area contributed by atoms with E-state index < -0.39 is 6.04 Å². The zero-order chi connectivity index (χ0) is 31.5. The maximum absolute atomic E-state index is 14.2. The second kappa shape index (κ2) is 13.0. The first kappa shape index (κ1) is 30.1. The summed E-state index contributed by atoms with van der Waals surface area (Å²) in [6, 6.07) is 29.0. The van der Waals surface area contributed by atoms with Crippen LogP contribution in [-0.2, 0) is 11.4 Å². The number of nitrogens with zero attached hydrogens (tertiary/aromatic N) is 3. The van der Waals surface area contributed by atoms with E-state index in [0.717, 1.165) is 22.1 Å². The summed E-state index contributed by atoms with van der Waals surface area (Å²) in [7, 11) is 1.60. The van der Waals surface area contributed by atoms with E-state index in [0.29, 0.717) is 51.8 Å². The summed E-state index contributed by atoms with van der Waals surface area (Å²) in [6.07, 6.45) is 1.86. The van der Waals surface area contributed by atoms with Gasteiger partial charge in [-0.15, -0.1) is 0 Å². The minimum Gasteiger partial charge on any atom is -0.496 e. The average Bonchev–Trinajstić information content (AvgIpc) is 3.37. The molecule has 228 valence electrons. The van der Waals surface area contributed by atoms with Crippen molar-refractivity contribution >= 4 is 34.1 Å². The number of allylic oxidation sites excluding steroid dienone is 1. The number of hydrogen-bond donors (Lipinski definition) is 0. The summed E-state index contributed by atoms with van der Waals surface area (Å²) >= 11 is 1.31. The molecule has 0 N–H and O–H groups in total. The van der Waals surface area contributed by atoms with Gasteiger partial charge in [0.2, 0.25) is 0 Å². The molecule has 1 amide bonds. The van der Waals surface area contributed by atoms with Crippen LogP contribution in [-0.4, -0.2) is 35.6 Å². The Balaban J connectivity index is 1.40. The number of methoxy groups -OCH3 is 1. The highest BCUT2D eigenvalue weighted by Crippen LogP contribution is 2.36. The molecule has 0 bridgehead atoms. The van der Waals surface area contributed by atoms with Crippen molar-refractivity contribution in [2.45, 2.75) is 33.4 Å². The van der Waals surface area contributed by atoms with E-state index in [1.165, 1.54) is 16.7 Å². The van der Waals surface area contributed by atoms with E-state index in [4.69, 9.17) is 14.5 Å². The molecule has 45 heavy (non-hydrogen) atoms. The maximum atomic E-state index is 14.2. The predicted octanol–water partition coefficient (Wildman–Crippen LogP) is 5.84. The monoisotopic (exact) mass is 617 g/mol. The molecule has 1 atom stereocenters. The highest BCUT2D eigenvalue weighted by Gasteiger charge is 2.35. The zero-order valence-corrected chi connectivity index (χ0v) is 26.6. The summed E-state index contributed by atoms with van der Waals surface area (Å²) in [5.41, 5.74) is 3.54. The molecule has 4 aromatic carbocycles. The van der Waals surface area contributed by atoms with Gasteiger partial charge >= 0.3 is 0 Å². The molecule has 0 saturated heterocycles. The molecule has 8 heteroatoms. The minimum absolute atomic E-state index is 0.137. The van der Waals surface area contributed by atoms with Gasteiger partial charge in [-0.05, 0) is 66.9 Å². The number of aromatic nitrogens is 1. The molecule has 6 rings (SSSR count). The Labute approximate surface area is 266 Å². The number of fused-ring (bicyclic) bond motifs is 2. The standard InChI is InChI=1S/C37H35N3O4S/c1-5-39(6-2)36(42)33-24(3)38-37-40(34(33)30-19-9-10-20-31(30)43-4)35(41)32(45-37)22-25-13-11-17-28(21-25)44-23-27-16-12-15-26-14-7-8-18-29(26)27/h7-22,34H,5-6,23H2,1-4H3/b32-22+/t34-/m0/s1. The fourth-order valence-electron chi connectivity index (χ4n) is 5.89. The van der Waals surface area contributed by atoms with E-state index in [1.807, 2.05) is 93.6 Å². The minimum atomic E-state index is -0.678. The van der Waals surface area contributed by atoms with Crippen LogP contribution >= 0.6 is 11.3 Å². The van der Waals surface area contributed by atoms with Crippen molar-refractivity contribution in [3.05, 3.63) is 139 Å². The Kier molecular flexibility index (Phi) is 8.67. The second-order valence-corrected chi connectivity index (χ2v) is 11.8. The Morgan fingerprint density at radius 1 is 0.978 bits per heavy atom. The van der Waals surface area contributed by atoms with E-state index in [-0.39, 0.29) is 11.5 Å². The number of amides is 1. The van der Waals surface area contributed by atoms with Gasteiger partial charge in [-0.1, -0.05) is 84.1 Å². The van der Waals surface area contributed by atoms with Gasteiger partial charge in [0.25, 0.3) is 11.5 Å². The average molecular weight is 618 g/mol. The predicted molar refractivity (Wildman–Crippen MR) is 179 cm³/mol. The molecule has 1 aliphatic heterocycles. The fraction of sp³-hybridized carbons (Fsp3) is 0.216. The third kappa shape index (κ3) is 5.81. The molecule has 0 unspecified atom stereocenters. The van der Waals surface area contributed by atoms with Crippen LogP contribution in [0.3, 0.4) is 0 Å². The quantitative estimate of drug-likeness (QED) is 0.208. The second-order valence-electron chi connectivity index (χ2n) is 10.8. The first-order valence-corrected chi connectivity index (χ1v) is 15.9. The lowest BCUT2D eigenvalue weighted by Gasteiger charge is -2.29. The van der Waals surface area contributed by atoms with Crippen molar-refractivity contribution in [2.75, 3.05) is 20.2 Å². The van der Waals surface area contributed by atoms with Crippen molar-refractivity contribution in [3.63, 3.8) is 0 Å². The molecule has 0 fully saturated rings. The molecule has 0 aliphatic carbocycles. The van der Waals surface area contributed by atoms with E-state index >= 15 is 0 Å². The van der Waals surface area contributed by atoms with Gasteiger partial charge in [0, 0.05) is 18.7 Å². The van der Waals surface area contributed by atoms with Gasteiger partial charge in [0.15, 0.2) is 4.80 Å². The Hall–Kier alpha value is -4.95. The summed E-state index contributed by atoms with van der Waals surface area (Å²) < 4.78 is 14.1. The van der Waals surface area contributed by atoms with Crippen LogP contribution in [0.4, 0.5) is 0 Å². The summed E-state index contributed by atoms with van der Waals surface area (Å²) in [5, 5.41) is 2.34. The van der Waals surface area contributed by atoms with Gasteiger partial charge in [-0.3, -0.25) is 14.2 Å². The van der Waals surface area contributed by atoms with Crippen LogP contribution in [0.2, 0.25) is 0 Å². The lowest BCUT2D eigenvalue weighted by atomic mass is 9.94. The number of carbonyl (C=O) groups excluding carboxylic acids is 1. The Morgan fingerprint density at radius 3 is 2.51 bits per heavy atom. The Bertz CT molecular complexity index is 2100. The van der Waals surface area contributed by atoms with Crippen LogP contribution in [0.1, 0.15) is 43.5 Å². The van der Waals surface area contributed by atoms with Crippen LogP contribution in [0, 0.1) is 0 Å². The molecular weight excluding hydrogens is 582 g/mol. The normalized spacial score (nSPS) is 14.7. The number of rotatable bonds is 9. The summed E-state index contributed by atoms with van der Waals surface area (Å²) in [4.78, 5) is 35.1. The van der Waals surface area contributed by atoms with Crippen LogP contribution in [0.25, 0.3) is 16.8 Å². The molecule has 1 aromatic heterocycles. The molecule has 0 radical (unpaired) electrons. The first-order chi connectivity index (χ1) is 21.9. The lowest BCUT2D eigenvalue weighted by molar-refractivity contribution is -0.127. The third-order valence-electron chi connectivity index (χ3n) is 8.17.